The topological polar surface area (TPSA) is 54.0 Å². The van der Waals surface area contributed by atoms with Crippen molar-refractivity contribution >= 4 is 55.7 Å². The van der Waals surface area contributed by atoms with Crippen LogP contribution in [-0.2, 0) is 0 Å². The van der Waals surface area contributed by atoms with E-state index in [2.05, 4.69) is 33.2 Å². The second-order valence-electron chi connectivity index (χ2n) is 5.54. The van der Waals surface area contributed by atoms with Crippen molar-refractivity contribution in [2.45, 2.75) is 11.1 Å². The number of nitrogens with one attached hydrogen (secondary N) is 2. The van der Waals surface area contributed by atoms with Gasteiger partial charge in [0, 0.05) is 10.3 Å². The first-order chi connectivity index (χ1) is 12.7. The van der Waals surface area contributed by atoms with E-state index in [-0.39, 0.29) is 6.03 Å². The van der Waals surface area contributed by atoms with E-state index in [9.17, 15) is 4.79 Å². The van der Waals surface area contributed by atoms with Crippen LogP contribution in [0.15, 0.2) is 64.9 Å². The molecule has 4 aromatic rings. The average molecular weight is 398 g/mol. The third kappa shape index (κ3) is 3.75. The minimum atomic E-state index is -0.256. The van der Waals surface area contributed by atoms with Gasteiger partial charge in [0.25, 0.3) is 0 Å². The highest BCUT2D eigenvalue weighted by Crippen LogP contribution is 2.34. The van der Waals surface area contributed by atoms with Crippen LogP contribution in [0.25, 0.3) is 21.3 Å². The first-order valence-corrected chi connectivity index (χ1v) is 10.4. The Balaban J connectivity index is 1.45. The van der Waals surface area contributed by atoms with Gasteiger partial charge in [-0.2, -0.15) is 0 Å². The molecular formula is C19H15N3OS3. The Morgan fingerprint density at radius 2 is 1.81 bits per heavy atom. The highest BCUT2D eigenvalue weighted by molar-refractivity contribution is 8.00. The molecule has 0 radical (unpaired) electrons. The van der Waals surface area contributed by atoms with Crippen LogP contribution in [0.2, 0.25) is 0 Å². The Bertz CT molecular complexity index is 1020. The smallest absolute Gasteiger partial charge is 0.297 e. The molecule has 0 saturated heterocycles. The Hall–Kier alpha value is -2.35. The number of nitrogens with zero attached hydrogens (tertiary/aromatic N) is 1. The fourth-order valence-corrected chi connectivity index (χ4v) is 5.16. The molecule has 26 heavy (non-hydrogen) atoms. The number of carbonyl (C=O) groups excluding carboxylic acids is 1. The molecule has 0 atom stereocenters. The summed E-state index contributed by atoms with van der Waals surface area (Å²) >= 11 is 4.46. The molecule has 2 aromatic carbocycles. The lowest BCUT2D eigenvalue weighted by Crippen LogP contribution is -2.22. The number of aromatic nitrogens is 1. The first-order valence-electron chi connectivity index (χ1n) is 7.94. The van der Waals surface area contributed by atoms with Crippen LogP contribution in [-0.4, -0.2) is 11.0 Å². The standard InChI is InChI=1S/C19H15N3OS3/c1-12-20-17(13-7-3-2-4-8-13)18(24-12)21-19(23)22-26-16-11-14-9-5-6-10-15(14)25-16/h2-11H,1H3,(H2,21,22,23). The molecule has 0 aliphatic rings. The molecule has 7 heteroatoms. The molecule has 0 spiro atoms. The van der Waals surface area contributed by atoms with E-state index in [1.165, 1.54) is 33.4 Å². The Labute approximate surface area is 163 Å². The Morgan fingerprint density at radius 1 is 1.04 bits per heavy atom. The molecular weight excluding hydrogens is 382 g/mol. The molecule has 4 rings (SSSR count). The van der Waals surface area contributed by atoms with E-state index < -0.39 is 0 Å². The molecule has 0 aliphatic carbocycles. The quantitative estimate of drug-likeness (QED) is 0.405. The number of anilines is 1. The first kappa shape index (κ1) is 17.1. The average Bonchev–Trinajstić information content (AvgIpc) is 3.23. The lowest BCUT2D eigenvalue weighted by atomic mass is 10.2. The van der Waals surface area contributed by atoms with E-state index in [4.69, 9.17) is 0 Å². The number of aryl methyl sites for hydroxylation is 1. The summed E-state index contributed by atoms with van der Waals surface area (Å²) in [5, 5.41) is 5.78. The zero-order valence-corrected chi connectivity index (χ0v) is 16.3. The Kier molecular flexibility index (Phi) is 4.92. The summed E-state index contributed by atoms with van der Waals surface area (Å²) in [7, 11) is 0. The summed E-state index contributed by atoms with van der Waals surface area (Å²) in [6.07, 6.45) is 0. The zero-order valence-electron chi connectivity index (χ0n) is 13.9. The monoisotopic (exact) mass is 397 g/mol. The van der Waals surface area contributed by atoms with Crippen molar-refractivity contribution in [2.75, 3.05) is 5.32 Å². The summed E-state index contributed by atoms with van der Waals surface area (Å²) in [6, 6.07) is 19.9. The number of thiazole rings is 1. The summed E-state index contributed by atoms with van der Waals surface area (Å²) in [4.78, 5) is 16.9. The van der Waals surface area contributed by atoms with Gasteiger partial charge in [0.15, 0.2) is 0 Å². The lowest BCUT2D eigenvalue weighted by Gasteiger charge is -2.06. The van der Waals surface area contributed by atoms with Crippen LogP contribution in [0.5, 0.6) is 0 Å². The molecule has 0 bridgehead atoms. The fourth-order valence-electron chi connectivity index (χ4n) is 2.54. The molecule has 2 aromatic heterocycles. The number of carbonyl (C=O) groups is 1. The third-order valence-corrected chi connectivity index (χ3v) is 6.56. The lowest BCUT2D eigenvalue weighted by molar-refractivity contribution is 0.257. The van der Waals surface area contributed by atoms with E-state index in [0.717, 1.165) is 25.5 Å². The number of thiophene rings is 1. The van der Waals surface area contributed by atoms with Crippen molar-refractivity contribution in [3.8, 4) is 11.3 Å². The number of hydrogen-bond donors (Lipinski definition) is 2. The van der Waals surface area contributed by atoms with Gasteiger partial charge in [-0.1, -0.05) is 48.5 Å². The highest BCUT2D eigenvalue weighted by Gasteiger charge is 2.14. The van der Waals surface area contributed by atoms with Gasteiger partial charge >= 0.3 is 6.03 Å². The normalized spacial score (nSPS) is 10.8. The maximum absolute atomic E-state index is 12.3. The number of amides is 2. The van der Waals surface area contributed by atoms with Gasteiger partial charge in [-0.25, -0.2) is 9.78 Å². The summed E-state index contributed by atoms with van der Waals surface area (Å²) in [5.41, 5.74) is 1.79. The predicted molar refractivity (Wildman–Crippen MR) is 112 cm³/mol. The van der Waals surface area contributed by atoms with Gasteiger partial charge < -0.3 is 0 Å². The van der Waals surface area contributed by atoms with Crippen LogP contribution in [0.4, 0.5) is 9.80 Å². The van der Waals surface area contributed by atoms with Crippen molar-refractivity contribution in [2.24, 2.45) is 0 Å². The number of urea groups is 1. The summed E-state index contributed by atoms with van der Waals surface area (Å²) in [5.74, 6) is 0. The molecule has 0 saturated carbocycles. The van der Waals surface area contributed by atoms with Crippen molar-refractivity contribution in [1.29, 1.82) is 0 Å². The van der Waals surface area contributed by atoms with Crippen LogP contribution in [0.3, 0.4) is 0 Å². The number of rotatable bonds is 4. The van der Waals surface area contributed by atoms with E-state index >= 15 is 0 Å². The minimum Gasteiger partial charge on any atom is -0.297 e. The maximum atomic E-state index is 12.3. The van der Waals surface area contributed by atoms with Crippen molar-refractivity contribution in [1.82, 2.24) is 9.71 Å². The highest BCUT2D eigenvalue weighted by atomic mass is 32.2. The van der Waals surface area contributed by atoms with E-state index in [1.807, 2.05) is 49.4 Å². The van der Waals surface area contributed by atoms with Gasteiger partial charge in [-0.3, -0.25) is 10.0 Å². The molecule has 2 amide bonds. The van der Waals surface area contributed by atoms with E-state index in [1.54, 1.807) is 11.3 Å². The fraction of sp³-hybridized carbons (Fsp3) is 0.0526. The largest absolute Gasteiger partial charge is 0.330 e. The van der Waals surface area contributed by atoms with Gasteiger partial charge in [0.2, 0.25) is 0 Å². The number of hydrogen-bond acceptors (Lipinski definition) is 5. The van der Waals surface area contributed by atoms with Gasteiger partial charge in [0.05, 0.1) is 9.22 Å². The Morgan fingerprint density at radius 3 is 2.62 bits per heavy atom. The summed E-state index contributed by atoms with van der Waals surface area (Å²) in [6.45, 7) is 1.94. The number of benzene rings is 2. The molecule has 0 fully saturated rings. The second kappa shape index (κ2) is 7.49. The van der Waals surface area contributed by atoms with Crippen molar-refractivity contribution < 1.29 is 4.79 Å². The minimum absolute atomic E-state index is 0.256. The molecule has 130 valence electrons. The van der Waals surface area contributed by atoms with Gasteiger partial charge in [-0.05, 0) is 36.4 Å². The molecule has 2 N–H and O–H groups in total. The molecule has 2 heterocycles. The van der Waals surface area contributed by atoms with Gasteiger partial charge in [-0.15, -0.1) is 22.7 Å². The van der Waals surface area contributed by atoms with Crippen LogP contribution in [0.1, 0.15) is 5.01 Å². The third-order valence-electron chi connectivity index (χ3n) is 3.66. The van der Waals surface area contributed by atoms with Crippen LogP contribution < -0.4 is 10.0 Å². The maximum Gasteiger partial charge on any atom is 0.330 e. The van der Waals surface area contributed by atoms with E-state index in [0.29, 0.717) is 0 Å². The van der Waals surface area contributed by atoms with Gasteiger partial charge in [0.1, 0.15) is 10.7 Å². The predicted octanol–water partition coefficient (Wildman–Crippen LogP) is 6.16. The van der Waals surface area contributed by atoms with Crippen LogP contribution in [0, 0.1) is 6.92 Å². The zero-order chi connectivity index (χ0) is 17.9. The molecule has 4 nitrogen and oxygen atoms in total. The SMILES string of the molecule is Cc1nc(-c2ccccc2)c(NC(=O)NSc2cc3ccccc3s2)s1. The number of fused-ring (bicyclic) bond motifs is 1. The second-order valence-corrected chi connectivity index (χ2v) is 8.93. The van der Waals surface area contributed by atoms with Crippen molar-refractivity contribution in [3.63, 3.8) is 0 Å². The van der Waals surface area contributed by atoms with Crippen LogP contribution >= 0.6 is 34.6 Å². The summed E-state index contributed by atoms with van der Waals surface area (Å²) < 4.78 is 5.11. The molecule has 0 aliphatic heterocycles. The van der Waals surface area contributed by atoms with Crippen molar-refractivity contribution in [3.05, 3.63) is 65.7 Å². The molecule has 0 unspecified atom stereocenters.